The molecule has 0 bridgehead atoms. The van der Waals surface area contributed by atoms with Crippen LogP contribution in [-0.2, 0) is 11.3 Å². The van der Waals surface area contributed by atoms with Crippen LogP contribution in [0.15, 0.2) is 46.7 Å². The second kappa shape index (κ2) is 7.29. The Balaban J connectivity index is 2.24. The van der Waals surface area contributed by atoms with Crippen molar-refractivity contribution in [1.29, 1.82) is 0 Å². The topological polar surface area (TPSA) is 49.7 Å². The summed E-state index contributed by atoms with van der Waals surface area (Å²) in [7, 11) is 0. The molecule has 0 atom stereocenters. The quantitative estimate of drug-likeness (QED) is 0.675. The number of Topliss-reactive ketones (excluding diaryl/α,β-unsaturated/α-hetero) is 1. The molecular formula is C16H19NO2S. The molecule has 0 fully saturated rings. The number of aliphatic imine (C=N–C) groups is 1. The Morgan fingerprint density at radius 1 is 1.30 bits per heavy atom. The van der Waals surface area contributed by atoms with E-state index in [0.717, 1.165) is 17.7 Å². The van der Waals surface area contributed by atoms with Crippen LogP contribution in [-0.4, -0.2) is 21.7 Å². The Morgan fingerprint density at radius 2 is 2.05 bits per heavy atom. The van der Waals surface area contributed by atoms with Crippen LogP contribution in [0.5, 0.6) is 0 Å². The molecule has 0 unspecified atom stereocenters. The summed E-state index contributed by atoms with van der Waals surface area (Å²) in [5.41, 5.74) is 1.55. The van der Waals surface area contributed by atoms with Crippen LogP contribution in [0.1, 0.15) is 31.7 Å². The van der Waals surface area contributed by atoms with E-state index in [1.807, 2.05) is 37.3 Å². The van der Waals surface area contributed by atoms with Gasteiger partial charge in [0.05, 0.1) is 12.1 Å². The van der Waals surface area contributed by atoms with E-state index >= 15 is 0 Å². The van der Waals surface area contributed by atoms with Crippen molar-refractivity contribution in [3.05, 3.63) is 47.2 Å². The van der Waals surface area contributed by atoms with E-state index in [1.54, 1.807) is 0 Å². The zero-order valence-electron chi connectivity index (χ0n) is 11.6. The highest BCUT2D eigenvalue weighted by Crippen LogP contribution is 2.26. The monoisotopic (exact) mass is 289 g/mol. The summed E-state index contributed by atoms with van der Waals surface area (Å²) < 4.78 is 0. The average molecular weight is 289 g/mol. The molecule has 0 aromatic heterocycles. The van der Waals surface area contributed by atoms with Crippen LogP contribution in [0.4, 0.5) is 0 Å². The Kier molecular flexibility index (Phi) is 5.41. The predicted octanol–water partition coefficient (Wildman–Crippen LogP) is 3.90. The van der Waals surface area contributed by atoms with E-state index < -0.39 is 0 Å². The lowest BCUT2D eigenvalue weighted by molar-refractivity contribution is -0.115. The van der Waals surface area contributed by atoms with Crippen molar-refractivity contribution in [2.45, 2.75) is 32.7 Å². The highest BCUT2D eigenvalue weighted by Gasteiger charge is 2.24. The highest BCUT2D eigenvalue weighted by molar-refractivity contribution is 8.14. The molecule has 1 aromatic carbocycles. The first-order valence-electron chi connectivity index (χ1n) is 6.89. The standard InChI is InChI=1S/C16H19NO2S/c1-2-20-16(15-13(18)9-6-10-14(15)19)17-11-12-7-4-3-5-8-12/h3-5,7-8,18H,2,6,9-11H2,1H3. The molecule has 0 heterocycles. The van der Waals surface area contributed by atoms with Crippen molar-refractivity contribution in [3.8, 4) is 0 Å². The van der Waals surface area contributed by atoms with Gasteiger partial charge in [0.25, 0.3) is 0 Å². The second-order valence-corrected chi connectivity index (χ2v) is 5.89. The predicted molar refractivity (Wildman–Crippen MR) is 84.2 cm³/mol. The molecule has 3 nitrogen and oxygen atoms in total. The summed E-state index contributed by atoms with van der Waals surface area (Å²) in [5.74, 6) is 1.05. The third-order valence-electron chi connectivity index (χ3n) is 3.13. The van der Waals surface area contributed by atoms with Gasteiger partial charge in [0.15, 0.2) is 5.78 Å². The molecule has 106 valence electrons. The van der Waals surface area contributed by atoms with Gasteiger partial charge >= 0.3 is 0 Å². The maximum atomic E-state index is 12.0. The number of allylic oxidation sites excluding steroid dienone is 1. The Morgan fingerprint density at radius 3 is 2.70 bits per heavy atom. The van der Waals surface area contributed by atoms with Crippen LogP contribution in [0.3, 0.4) is 0 Å². The van der Waals surface area contributed by atoms with Crippen molar-refractivity contribution in [1.82, 2.24) is 0 Å². The summed E-state index contributed by atoms with van der Waals surface area (Å²) in [6.07, 6.45) is 1.82. The molecular weight excluding hydrogens is 270 g/mol. The number of rotatable bonds is 4. The molecule has 0 spiro atoms. The third-order valence-corrected chi connectivity index (χ3v) is 4.02. The molecule has 20 heavy (non-hydrogen) atoms. The molecule has 2 rings (SSSR count). The van der Waals surface area contributed by atoms with Crippen LogP contribution < -0.4 is 0 Å². The van der Waals surface area contributed by atoms with Crippen molar-refractivity contribution >= 4 is 22.6 Å². The van der Waals surface area contributed by atoms with Crippen molar-refractivity contribution < 1.29 is 9.90 Å². The van der Waals surface area contributed by atoms with E-state index in [0.29, 0.717) is 30.0 Å². The summed E-state index contributed by atoms with van der Waals surface area (Å²) in [4.78, 5) is 16.6. The fourth-order valence-electron chi connectivity index (χ4n) is 2.15. The highest BCUT2D eigenvalue weighted by atomic mass is 32.2. The lowest BCUT2D eigenvalue weighted by atomic mass is 9.97. The van der Waals surface area contributed by atoms with E-state index in [2.05, 4.69) is 4.99 Å². The number of benzene rings is 1. The smallest absolute Gasteiger partial charge is 0.168 e. The van der Waals surface area contributed by atoms with Crippen LogP contribution >= 0.6 is 11.8 Å². The largest absolute Gasteiger partial charge is 0.511 e. The van der Waals surface area contributed by atoms with Gasteiger partial charge in [-0.25, -0.2) is 0 Å². The number of hydrogen-bond donors (Lipinski definition) is 1. The van der Waals surface area contributed by atoms with Crippen molar-refractivity contribution in [2.24, 2.45) is 4.99 Å². The van der Waals surface area contributed by atoms with Gasteiger partial charge in [-0.05, 0) is 17.7 Å². The Hall–Kier alpha value is -1.55. The molecule has 0 saturated heterocycles. The van der Waals surface area contributed by atoms with E-state index in [1.165, 1.54) is 11.8 Å². The number of nitrogens with zero attached hydrogens (tertiary/aromatic N) is 1. The maximum Gasteiger partial charge on any atom is 0.168 e. The van der Waals surface area contributed by atoms with Gasteiger partial charge in [-0.15, -0.1) is 11.8 Å². The Labute approximate surface area is 123 Å². The number of carbonyl (C=O) groups excluding carboxylic acids is 1. The van der Waals surface area contributed by atoms with Gasteiger partial charge in [0.1, 0.15) is 10.8 Å². The van der Waals surface area contributed by atoms with Crippen LogP contribution in [0.25, 0.3) is 0 Å². The molecule has 1 N–H and O–H groups in total. The average Bonchev–Trinajstić information content (AvgIpc) is 2.45. The number of aliphatic hydroxyl groups excluding tert-OH is 1. The maximum absolute atomic E-state index is 12.0. The molecule has 0 amide bonds. The number of ketones is 1. The Bertz CT molecular complexity index is 535. The van der Waals surface area contributed by atoms with Gasteiger partial charge < -0.3 is 5.11 Å². The summed E-state index contributed by atoms with van der Waals surface area (Å²) >= 11 is 1.52. The van der Waals surface area contributed by atoms with Gasteiger partial charge in [-0.2, -0.15) is 0 Å². The molecule has 4 heteroatoms. The fraction of sp³-hybridized carbons (Fsp3) is 0.375. The van der Waals surface area contributed by atoms with E-state index in [-0.39, 0.29) is 11.5 Å². The zero-order valence-corrected chi connectivity index (χ0v) is 12.4. The lowest BCUT2D eigenvalue weighted by Gasteiger charge is -2.16. The number of carbonyl (C=O) groups is 1. The SMILES string of the molecule is CCSC(=NCc1ccccc1)C1=C(O)CCCC1=O. The van der Waals surface area contributed by atoms with E-state index in [4.69, 9.17) is 0 Å². The van der Waals surface area contributed by atoms with Gasteiger partial charge in [-0.3, -0.25) is 9.79 Å². The molecule has 0 aliphatic heterocycles. The number of thioether (sulfide) groups is 1. The first-order valence-corrected chi connectivity index (χ1v) is 7.87. The lowest BCUT2D eigenvalue weighted by Crippen LogP contribution is -2.18. The van der Waals surface area contributed by atoms with Gasteiger partial charge in [0, 0.05) is 12.8 Å². The first-order chi connectivity index (χ1) is 9.72. The zero-order chi connectivity index (χ0) is 14.4. The van der Waals surface area contributed by atoms with Crippen LogP contribution in [0.2, 0.25) is 0 Å². The fourth-order valence-corrected chi connectivity index (χ4v) is 2.96. The molecule has 1 aliphatic carbocycles. The minimum Gasteiger partial charge on any atom is -0.511 e. The van der Waals surface area contributed by atoms with Crippen LogP contribution in [0, 0.1) is 0 Å². The second-order valence-electron chi connectivity index (χ2n) is 4.64. The van der Waals surface area contributed by atoms with Crippen molar-refractivity contribution in [3.63, 3.8) is 0 Å². The summed E-state index contributed by atoms with van der Waals surface area (Å²) in [5, 5.41) is 10.7. The minimum absolute atomic E-state index is 0.0153. The minimum atomic E-state index is 0.0153. The number of hydrogen-bond acceptors (Lipinski definition) is 4. The van der Waals surface area contributed by atoms with Gasteiger partial charge in [-0.1, -0.05) is 37.3 Å². The molecule has 0 saturated carbocycles. The normalized spacial score (nSPS) is 16.6. The van der Waals surface area contributed by atoms with Gasteiger partial charge in [0.2, 0.25) is 0 Å². The summed E-state index contributed by atoms with van der Waals surface area (Å²) in [6.45, 7) is 2.56. The first kappa shape index (κ1) is 14.9. The van der Waals surface area contributed by atoms with E-state index in [9.17, 15) is 9.90 Å². The summed E-state index contributed by atoms with van der Waals surface area (Å²) in [6, 6.07) is 9.93. The third kappa shape index (κ3) is 3.73. The van der Waals surface area contributed by atoms with Crippen molar-refractivity contribution in [2.75, 3.05) is 5.75 Å². The molecule has 1 aliphatic rings. The molecule has 1 aromatic rings. The molecule has 0 radical (unpaired) electrons. The number of aliphatic hydroxyl groups is 1.